The Labute approximate surface area is 131 Å². The highest BCUT2D eigenvalue weighted by atomic mass is 32.1. The zero-order chi connectivity index (χ0) is 15.2. The summed E-state index contributed by atoms with van der Waals surface area (Å²) in [5.74, 6) is 1.43. The lowest BCUT2D eigenvalue weighted by atomic mass is 9.85. The molecule has 1 unspecified atom stereocenters. The van der Waals surface area contributed by atoms with Gasteiger partial charge < -0.3 is 20.5 Å². The standard InChI is InChI=1S/C16H24N2O2S/c1-18(9-12-5-4-6-12)10-13(19)11-20-15-8-3-2-7-14(15)16(17)21/h2-3,7-8,12-13,19H,4-6,9-11H2,1H3,(H2,17,21). The second-order valence-corrected chi connectivity index (χ2v) is 6.28. The van der Waals surface area contributed by atoms with E-state index in [2.05, 4.69) is 4.90 Å². The zero-order valence-electron chi connectivity index (χ0n) is 12.5. The fraction of sp³-hybridized carbons (Fsp3) is 0.562. The number of nitrogens with two attached hydrogens (primary N) is 1. The van der Waals surface area contributed by atoms with Gasteiger partial charge in [-0.2, -0.15) is 0 Å². The molecular weight excluding hydrogens is 284 g/mol. The van der Waals surface area contributed by atoms with Gasteiger partial charge in [0.15, 0.2) is 0 Å². The smallest absolute Gasteiger partial charge is 0.129 e. The molecule has 1 saturated carbocycles. The molecule has 1 fully saturated rings. The molecule has 0 amide bonds. The summed E-state index contributed by atoms with van der Waals surface area (Å²) in [6.07, 6.45) is 3.46. The van der Waals surface area contributed by atoms with Gasteiger partial charge in [0, 0.05) is 13.1 Å². The van der Waals surface area contributed by atoms with E-state index in [-0.39, 0.29) is 6.61 Å². The number of aliphatic hydroxyl groups excluding tert-OH is 1. The normalized spacial score (nSPS) is 16.5. The number of para-hydroxylation sites is 1. The molecule has 0 heterocycles. The van der Waals surface area contributed by atoms with E-state index in [4.69, 9.17) is 22.7 Å². The first-order valence-electron chi connectivity index (χ1n) is 7.44. The van der Waals surface area contributed by atoms with E-state index in [1.165, 1.54) is 19.3 Å². The predicted molar refractivity (Wildman–Crippen MR) is 88.7 cm³/mol. The number of thiocarbonyl (C=S) groups is 1. The van der Waals surface area contributed by atoms with Gasteiger partial charge in [-0.05, 0) is 37.9 Å². The number of likely N-dealkylation sites (N-methyl/N-ethyl adjacent to an activating group) is 1. The fourth-order valence-electron chi connectivity index (χ4n) is 2.59. The second kappa shape index (κ2) is 7.73. The topological polar surface area (TPSA) is 58.7 Å². The van der Waals surface area contributed by atoms with Crippen molar-refractivity contribution in [1.82, 2.24) is 4.90 Å². The Hall–Kier alpha value is -1.17. The Morgan fingerprint density at radius 3 is 2.81 bits per heavy atom. The molecule has 0 saturated heterocycles. The van der Waals surface area contributed by atoms with Gasteiger partial charge >= 0.3 is 0 Å². The van der Waals surface area contributed by atoms with Crippen LogP contribution in [0.15, 0.2) is 24.3 Å². The number of rotatable bonds is 8. The number of hydrogen-bond donors (Lipinski definition) is 2. The summed E-state index contributed by atoms with van der Waals surface area (Å²) >= 11 is 4.99. The minimum atomic E-state index is -0.519. The van der Waals surface area contributed by atoms with E-state index in [1.54, 1.807) is 0 Å². The molecule has 1 atom stereocenters. The molecule has 21 heavy (non-hydrogen) atoms. The first kappa shape index (κ1) is 16.2. The summed E-state index contributed by atoms with van der Waals surface area (Å²) in [5.41, 5.74) is 6.37. The Morgan fingerprint density at radius 1 is 1.48 bits per heavy atom. The highest BCUT2D eigenvalue weighted by Gasteiger charge is 2.20. The van der Waals surface area contributed by atoms with Crippen LogP contribution in [-0.2, 0) is 0 Å². The molecule has 1 aliphatic rings. The van der Waals surface area contributed by atoms with Crippen molar-refractivity contribution in [3.63, 3.8) is 0 Å². The van der Waals surface area contributed by atoms with Crippen molar-refractivity contribution in [3.8, 4) is 5.75 Å². The molecule has 1 aliphatic carbocycles. The number of aliphatic hydroxyl groups is 1. The molecule has 0 bridgehead atoms. The summed E-state index contributed by atoms with van der Waals surface area (Å²) in [5, 5.41) is 10.1. The largest absolute Gasteiger partial charge is 0.490 e. The monoisotopic (exact) mass is 308 g/mol. The SMILES string of the molecule is CN(CC(O)COc1ccccc1C(N)=S)CC1CCC1. The maximum absolute atomic E-state index is 10.1. The van der Waals surface area contributed by atoms with Crippen LogP contribution in [0.5, 0.6) is 5.75 Å². The molecule has 0 spiro atoms. The van der Waals surface area contributed by atoms with Gasteiger partial charge in [-0.3, -0.25) is 0 Å². The van der Waals surface area contributed by atoms with E-state index in [9.17, 15) is 5.11 Å². The molecule has 0 aromatic heterocycles. The van der Waals surface area contributed by atoms with Crippen molar-refractivity contribution in [2.45, 2.75) is 25.4 Å². The fourth-order valence-corrected chi connectivity index (χ4v) is 2.75. The summed E-state index contributed by atoms with van der Waals surface area (Å²) in [6, 6.07) is 7.38. The lowest BCUT2D eigenvalue weighted by Gasteiger charge is -2.31. The second-order valence-electron chi connectivity index (χ2n) is 5.84. The molecule has 5 heteroatoms. The molecule has 3 N–H and O–H groups in total. The molecule has 116 valence electrons. The molecule has 2 rings (SSSR count). The maximum atomic E-state index is 10.1. The number of ether oxygens (including phenoxy) is 1. The molecule has 1 aromatic rings. The Bertz CT molecular complexity index is 477. The van der Waals surface area contributed by atoms with Crippen LogP contribution < -0.4 is 10.5 Å². The average molecular weight is 308 g/mol. The molecule has 1 aromatic carbocycles. The van der Waals surface area contributed by atoms with Gasteiger partial charge in [0.2, 0.25) is 0 Å². The minimum Gasteiger partial charge on any atom is -0.490 e. The van der Waals surface area contributed by atoms with E-state index >= 15 is 0 Å². The van der Waals surface area contributed by atoms with Crippen molar-refractivity contribution < 1.29 is 9.84 Å². The molecule has 0 radical (unpaired) electrons. The van der Waals surface area contributed by atoms with Crippen molar-refractivity contribution >= 4 is 17.2 Å². The summed E-state index contributed by atoms with van der Waals surface area (Å²) < 4.78 is 5.66. The Morgan fingerprint density at radius 2 is 2.19 bits per heavy atom. The third-order valence-corrected chi connectivity index (χ3v) is 4.12. The van der Waals surface area contributed by atoms with Crippen LogP contribution in [0.25, 0.3) is 0 Å². The Kier molecular flexibility index (Phi) is 5.96. The van der Waals surface area contributed by atoms with Crippen molar-refractivity contribution in [1.29, 1.82) is 0 Å². The first-order chi connectivity index (χ1) is 10.1. The molecular formula is C16H24N2O2S. The van der Waals surface area contributed by atoms with E-state index in [0.29, 0.717) is 22.8 Å². The number of hydrogen-bond acceptors (Lipinski definition) is 4. The maximum Gasteiger partial charge on any atom is 0.129 e. The van der Waals surface area contributed by atoms with Crippen LogP contribution >= 0.6 is 12.2 Å². The van der Waals surface area contributed by atoms with Gasteiger partial charge in [0.25, 0.3) is 0 Å². The molecule has 0 aliphatic heterocycles. The first-order valence-corrected chi connectivity index (χ1v) is 7.85. The summed E-state index contributed by atoms with van der Waals surface area (Å²) in [7, 11) is 2.05. The summed E-state index contributed by atoms with van der Waals surface area (Å²) in [4.78, 5) is 2.49. The number of benzene rings is 1. The Balaban J connectivity index is 1.77. The molecule has 4 nitrogen and oxygen atoms in total. The summed E-state index contributed by atoms with van der Waals surface area (Å²) in [6.45, 7) is 1.92. The van der Waals surface area contributed by atoms with Gasteiger partial charge in [0.05, 0.1) is 5.56 Å². The van der Waals surface area contributed by atoms with E-state index in [1.807, 2.05) is 31.3 Å². The van der Waals surface area contributed by atoms with Crippen molar-refractivity contribution in [2.75, 3.05) is 26.7 Å². The van der Waals surface area contributed by atoms with E-state index < -0.39 is 6.10 Å². The quantitative estimate of drug-likeness (QED) is 0.717. The highest BCUT2D eigenvalue weighted by Crippen LogP contribution is 2.26. The van der Waals surface area contributed by atoms with Gasteiger partial charge in [0.1, 0.15) is 23.4 Å². The third-order valence-electron chi connectivity index (χ3n) is 3.90. The van der Waals surface area contributed by atoms with Crippen LogP contribution in [0.3, 0.4) is 0 Å². The van der Waals surface area contributed by atoms with Crippen molar-refractivity contribution in [2.24, 2.45) is 11.7 Å². The lowest BCUT2D eigenvalue weighted by molar-refractivity contribution is 0.0664. The van der Waals surface area contributed by atoms with Gasteiger partial charge in [-0.15, -0.1) is 0 Å². The number of nitrogens with zero attached hydrogens (tertiary/aromatic N) is 1. The van der Waals surface area contributed by atoms with Gasteiger partial charge in [-0.1, -0.05) is 30.8 Å². The lowest BCUT2D eigenvalue weighted by Crippen LogP contribution is -2.37. The van der Waals surface area contributed by atoms with Crippen LogP contribution in [0.1, 0.15) is 24.8 Å². The van der Waals surface area contributed by atoms with Crippen LogP contribution in [0.4, 0.5) is 0 Å². The van der Waals surface area contributed by atoms with Gasteiger partial charge in [-0.25, -0.2) is 0 Å². The van der Waals surface area contributed by atoms with E-state index in [0.717, 1.165) is 12.5 Å². The highest BCUT2D eigenvalue weighted by molar-refractivity contribution is 7.80. The predicted octanol–water partition coefficient (Wildman–Crippen LogP) is 1.79. The van der Waals surface area contributed by atoms with Crippen LogP contribution in [-0.4, -0.2) is 47.8 Å². The zero-order valence-corrected chi connectivity index (χ0v) is 13.3. The van der Waals surface area contributed by atoms with Crippen molar-refractivity contribution in [3.05, 3.63) is 29.8 Å². The van der Waals surface area contributed by atoms with Crippen LogP contribution in [0, 0.1) is 5.92 Å². The minimum absolute atomic E-state index is 0.245. The van der Waals surface area contributed by atoms with Crippen LogP contribution in [0.2, 0.25) is 0 Å². The third kappa shape index (κ3) is 4.95. The average Bonchev–Trinajstić information content (AvgIpc) is 2.41.